The van der Waals surface area contributed by atoms with Gasteiger partial charge in [0.05, 0.1) is 5.38 Å². The first-order valence-electron chi connectivity index (χ1n) is 5.79. The summed E-state index contributed by atoms with van der Waals surface area (Å²) < 4.78 is 0. The van der Waals surface area contributed by atoms with Crippen LogP contribution in [0.2, 0.25) is 0 Å². The van der Waals surface area contributed by atoms with E-state index in [1.54, 1.807) is 0 Å². The second-order valence-corrected chi connectivity index (χ2v) is 5.94. The maximum absolute atomic E-state index is 6.27. The zero-order valence-electron chi connectivity index (χ0n) is 9.91. The molecule has 0 N–H and O–H groups in total. The summed E-state index contributed by atoms with van der Waals surface area (Å²) in [4.78, 5) is 4.36. The van der Waals surface area contributed by atoms with Gasteiger partial charge in [-0.2, -0.15) is 0 Å². The molecule has 1 aromatic rings. The number of halogens is 1. The molecular formula is C14H18ClN. The van der Waals surface area contributed by atoms with Gasteiger partial charge in [-0.25, -0.2) is 0 Å². The molecule has 86 valence electrons. The van der Waals surface area contributed by atoms with Gasteiger partial charge in [0.2, 0.25) is 0 Å². The molecule has 0 spiro atoms. The third kappa shape index (κ3) is 3.08. The van der Waals surface area contributed by atoms with Crippen molar-refractivity contribution < 1.29 is 0 Å². The van der Waals surface area contributed by atoms with E-state index in [4.69, 9.17) is 11.6 Å². The molecule has 1 unspecified atom stereocenters. The van der Waals surface area contributed by atoms with E-state index in [-0.39, 0.29) is 5.38 Å². The molecular weight excluding hydrogens is 218 g/mol. The smallest absolute Gasteiger partial charge is 0.0523 e. The second-order valence-electron chi connectivity index (χ2n) is 5.38. The molecule has 0 saturated heterocycles. The van der Waals surface area contributed by atoms with Crippen LogP contribution < -0.4 is 0 Å². The van der Waals surface area contributed by atoms with Crippen molar-refractivity contribution in [3.8, 4) is 0 Å². The lowest BCUT2D eigenvalue weighted by atomic mass is 9.76. The molecule has 1 aliphatic rings. The van der Waals surface area contributed by atoms with Gasteiger partial charge in [0.25, 0.3) is 0 Å². The van der Waals surface area contributed by atoms with E-state index in [1.807, 2.05) is 18.3 Å². The van der Waals surface area contributed by atoms with E-state index in [9.17, 15) is 0 Å². The summed E-state index contributed by atoms with van der Waals surface area (Å²) >= 11 is 6.27. The number of hydrogen-bond acceptors (Lipinski definition) is 1. The minimum atomic E-state index is 0.183. The monoisotopic (exact) mass is 235 g/mol. The summed E-state index contributed by atoms with van der Waals surface area (Å²) in [5, 5.41) is 0.183. The van der Waals surface area contributed by atoms with E-state index in [1.165, 1.54) is 5.57 Å². The predicted molar refractivity (Wildman–Crippen MR) is 68.7 cm³/mol. The molecule has 1 heterocycles. The molecule has 0 fully saturated rings. The molecule has 1 aromatic heterocycles. The highest BCUT2D eigenvalue weighted by molar-refractivity contribution is 6.21. The Morgan fingerprint density at radius 3 is 2.88 bits per heavy atom. The van der Waals surface area contributed by atoms with Crippen LogP contribution in [0.15, 0.2) is 36.0 Å². The number of hydrogen-bond donors (Lipinski definition) is 0. The van der Waals surface area contributed by atoms with Crippen LogP contribution in [-0.2, 0) is 6.42 Å². The van der Waals surface area contributed by atoms with Crippen LogP contribution in [-0.4, -0.2) is 10.4 Å². The van der Waals surface area contributed by atoms with Crippen LogP contribution in [0.25, 0.3) is 0 Å². The fraction of sp³-hybridized carbons (Fsp3) is 0.500. The Morgan fingerprint density at radius 2 is 2.25 bits per heavy atom. The summed E-state index contributed by atoms with van der Waals surface area (Å²) in [6, 6.07) is 6.06. The van der Waals surface area contributed by atoms with Gasteiger partial charge >= 0.3 is 0 Å². The average molecular weight is 236 g/mol. The lowest BCUT2D eigenvalue weighted by Gasteiger charge is -2.32. The maximum atomic E-state index is 6.27. The largest absolute Gasteiger partial charge is 0.261 e. The summed E-state index contributed by atoms with van der Waals surface area (Å²) in [6.07, 6.45) is 7.20. The molecule has 1 nitrogen and oxygen atoms in total. The number of pyridine rings is 1. The van der Waals surface area contributed by atoms with Crippen molar-refractivity contribution in [2.45, 2.75) is 38.5 Å². The molecule has 0 saturated carbocycles. The molecule has 0 amide bonds. The molecule has 0 aromatic carbocycles. The summed E-state index contributed by atoms with van der Waals surface area (Å²) in [5.74, 6) is 0. The lowest BCUT2D eigenvalue weighted by molar-refractivity contribution is 0.320. The minimum absolute atomic E-state index is 0.183. The molecule has 1 atom stereocenters. The van der Waals surface area contributed by atoms with E-state index < -0.39 is 0 Å². The van der Waals surface area contributed by atoms with Crippen LogP contribution in [0.5, 0.6) is 0 Å². The van der Waals surface area contributed by atoms with Gasteiger partial charge in [0, 0.05) is 18.3 Å². The van der Waals surface area contributed by atoms with Crippen molar-refractivity contribution >= 4 is 11.6 Å². The van der Waals surface area contributed by atoms with Gasteiger partial charge in [0.15, 0.2) is 0 Å². The Hall–Kier alpha value is -0.820. The third-order valence-corrected chi connectivity index (χ3v) is 3.28. The maximum Gasteiger partial charge on any atom is 0.0523 e. The second kappa shape index (κ2) is 4.58. The Morgan fingerprint density at radius 1 is 1.44 bits per heavy atom. The van der Waals surface area contributed by atoms with Crippen LogP contribution in [0.1, 0.15) is 32.4 Å². The van der Waals surface area contributed by atoms with E-state index in [0.717, 1.165) is 25.0 Å². The van der Waals surface area contributed by atoms with Crippen molar-refractivity contribution in [1.82, 2.24) is 4.98 Å². The number of aromatic nitrogens is 1. The Balaban J connectivity index is 2.11. The molecule has 0 bridgehead atoms. The topological polar surface area (TPSA) is 12.9 Å². The molecule has 1 aliphatic carbocycles. The van der Waals surface area contributed by atoms with Gasteiger partial charge in [-0.15, -0.1) is 11.6 Å². The molecule has 2 rings (SSSR count). The minimum Gasteiger partial charge on any atom is -0.261 e. The fourth-order valence-electron chi connectivity index (χ4n) is 2.45. The Kier molecular flexibility index (Phi) is 3.34. The van der Waals surface area contributed by atoms with Crippen molar-refractivity contribution in [3.05, 3.63) is 41.7 Å². The highest BCUT2D eigenvalue weighted by Crippen LogP contribution is 2.38. The predicted octanol–water partition coefficient (Wildman–Crippen LogP) is 3.98. The van der Waals surface area contributed by atoms with Crippen molar-refractivity contribution in [2.75, 3.05) is 0 Å². The van der Waals surface area contributed by atoms with Gasteiger partial charge < -0.3 is 0 Å². The van der Waals surface area contributed by atoms with Crippen molar-refractivity contribution in [3.63, 3.8) is 0 Å². The lowest BCUT2D eigenvalue weighted by Crippen LogP contribution is -2.23. The highest BCUT2D eigenvalue weighted by Gasteiger charge is 2.27. The molecule has 2 heteroatoms. The zero-order chi connectivity index (χ0) is 11.6. The number of alkyl halides is 1. The molecule has 0 radical (unpaired) electrons. The van der Waals surface area contributed by atoms with Crippen LogP contribution in [0.3, 0.4) is 0 Å². The van der Waals surface area contributed by atoms with Gasteiger partial charge in [-0.1, -0.05) is 31.6 Å². The summed E-state index contributed by atoms with van der Waals surface area (Å²) in [6.45, 7) is 4.57. The quantitative estimate of drug-likeness (QED) is 0.558. The number of rotatable bonds is 2. The van der Waals surface area contributed by atoms with E-state index in [0.29, 0.717) is 5.41 Å². The third-order valence-electron chi connectivity index (χ3n) is 3.00. The molecule has 16 heavy (non-hydrogen) atoms. The number of allylic oxidation sites excluding steroid dienone is 2. The van der Waals surface area contributed by atoms with Crippen LogP contribution >= 0.6 is 11.6 Å². The van der Waals surface area contributed by atoms with Gasteiger partial charge in [-0.05, 0) is 30.4 Å². The normalized spacial score (nSPS) is 23.9. The van der Waals surface area contributed by atoms with E-state index in [2.05, 4.69) is 31.0 Å². The van der Waals surface area contributed by atoms with E-state index >= 15 is 0 Å². The van der Waals surface area contributed by atoms with Crippen molar-refractivity contribution in [2.24, 2.45) is 5.41 Å². The highest BCUT2D eigenvalue weighted by atomic mass is 35.5. The number of nitrogens with zero attached hydrogens (tertiary/aromatic N) is 1. The van der Waals surface area contributed by atoms with Crippen LogP contribution in [0, 0.1) is 5.41 Å². The zero-order valence-corrected chi connectivity index (χ0v) is 10.7. The summed E-state index contributed by atoms with van der Waals surface area (Å²) in [5.41, 5.74) is 2.89. The first kappa shape index (κ1) is 11.7. The van der Waals surface area contributed by atoms with Crippen molar-refractivity contribution in [1.29, 1.82) is 0 Å². The SMILES string of the molecule is CC1(C)CC(Cc2ccccn2)=CC(Cl)C1. The average Bonchev–Trinajstić information content (AvgIpc) is 2.15. The Bertz CT molecular complexity index is 381. The Labute approximate surface area is 103 Å². The summed E-state index contributed by atoms with van der Waals surface area (Å²) in [7, 11) is 0. The first-order valence-corrected chi connectivity index (χ1v) is 6.22. The van der Waals surface area contributed by atoms with Gasteiger partial charge in [-0.3, -0.25) is 4.98 Å². The first-order chi connectivity index (χ1) is 7.55. The molecule has 0 aliphatic heterocycles. The van der Waals surface area contributed by atoms with Crippen LogP contribution in [0.4, 0.5) is 0 Å². The fourth-order valence-corrected chi connectivity index (χ4v) is 3.04. The standard InChI is InChI=1S/C14H18ClN/c1-14(2)9-11(7-12(15)10-14)8-13-5-3-4-6-16-13/h3-7,12H,8-10H2,1-2H3. The van der Waals surface area contributed by atoms with Gasteiger partial charge in [0.1, 0.15) is 0 Å².